The van der Waals surface area contributed by atoms with Gasteiger partial charge >= 0.3 is 0 Å². The number of likely N-dealkylation sites (N-methyl/N-ethyl adjacent to an activating group) is 1. The summed E-state index contributed by atoms with van der Waals surface area (Å²) in [4.78, 5) is 6.76. The Morgan fingerprint density at radius 2 is 2.23 bits per heavy atom. The maximum absolute atomic E-state index is 4.33. The average molecular weight is 302 g/mol. The van der Waals surface area contributed by atoms with E-state index in [1.165, 1.54) is 30.5 Å². The molecule has 1 heterocycles. The first-order valence-corrected chi connectivity index (χ1v) is 8.31. The number of guanidine groups is 1. The Balaban J connectivity index is 1.78. The molecule has 22 heavy (non-hydrogen) atoms. The Hall–Kier alpha value is -1.55. The molecule has 1 fully saturated rings. The number of likely N-dealkylation sites (tertiary alicyclic amines) is 1. The number of hydrogen-bond acceptors (Lipinski definition) is 2. The maximum atomic E-state index is 4.33. The Bertz CT molecular complexity index is 498. The van der Waals surface area contributed by atoms with Gasteiger partial charge in [0.1, 0.15) is 0 Å². The third-order valence-corrected chi connectivity index (χ3v) is 4.59. The van der Waals surface area contributed by atoms with Gasteiger partial charge in [-0.1, -0.05) is 36.8 Å². The molecule has 2 N–H and O–H groups in total. The minimum Gasteiger partial charge on any atom is -0.356 e. The van der Waals surface area contributed by atoms with Gasteiger partial charge < -0.3 is 15.5 Å². The van der Waals surface area contributed by atoms with Crippen molar-refractivity contribution in [2.75, 3.05) is 33.7 Å². The summed E-state index contributed by atoms with van der Waals surface area (Å²) in [6, 6.07) is 9.36. The molecule has 0 aliphatic carbocycles. The Morgan fingerprint density at radius 3 is 2.86 bits per heavy atom. The summed E-state index contributed by atoms with van der Waals surface area (Å²) in [6.45, 7) is 7.46. The number of aliphatic imine (C=N–C) groups is 1. The van der Waals surface area contributed by atoms with Crippen molar-refractivity contribution in [3.05, 3.63) is 35.4 Å². The standard InChI is InChI=1S/C18H30N4/c1-14-7-5-8-16(11-14)15(2)12-20-18(19-3)21-13-17-9-6-10-22(17)4/h5,7-8,11,15,17H,6,9-10,12-13H2,1-4H3,(H2,19,20,21). The van der Waals surface area contributed by atoms with Gasteiger partial charge in [-0.25, -0.2) is 0 Å². The Labute approximate surface area is 135 Å². The summed E-state index contributed by atoms with van der Waals surface area (Å²) in [7, 11) is 4.04. The smallest absolute Gasteiger partial charge is 0.191 e. The second-order valence-corrected chi connectivity index (χ2v) is 6.43. The van der Waals surface area contributed by atoms with E-state index in [-0.39, 0.29) is 0 Å². The first kappa shape index (κ1) is 16.8. The van der Waals surface area contributed by atoms with Gasteiger partial charge in [0.05, 0.1) is 0 Å². The summed E-state index contributed by atoms with van der Waals surface area (Å²) < 4.78 is 0. The first-order chi connectivity index (χ1) is 10.6. The van der Waals surface area contributed by atoms with Gasteiger partial charge in [0.2, 0.25) is 0 Å². The van der Waals surface area contributed by atoms with E-state index < -0.39 is 0 Å². The molecular weight excluding hydrogens is 272 g/mol. The van der Waals surface area contributed by atoms with Crippen molar-refractivity contribution in [2.45, 2.75) is 38.6 Å². The van der Waals surface area contributed by atoms with E-state index >= 15 is 0 Å². The predicted molar refractivity (Wildman–Crippen MR) is 94.6 cm³/mol. The monoisotopic (exact) mass is 302 g/mol. The number of rotatable bonds is 5. The van der Waals surface area contributed by atoms with Crippen molar-refractivity contribution in [3.63, 3.8) is 0 Å². The van der Waals surface area contributed by atoms with Crippen LogP contribution >= 0.6 is 0 Å². The van der Waals surface area contributed by atoms with E-state index in [1.54, 1.807) is 0 Å². The highest BCUT2D eigenvalue weighted by Gasteiger charge is 2.20. The molecule has 1 aliphatic heterocycles. The topological polar surface area (TPSA) is 39.7 Å². The molecule has 122 valence electrons. The zero-order valence-corrected chi connectivity index (χ0v) is 14.4. The fourth-order valence-electron chi connectivity index (χ4n) is 3.02. The van der Waals surface area contributed by atoms with Crippen LogP contribution in [0.4, 0.5) is 0 Å². The molecule has 2 unspecified atom stereocenters. The van der Waals surface area contributed by atoms with Crippen molar-refractivity contribution in [2.24, 2.45) is 4.99 Å². The molecule has 1 aliphatic rings. The second-order valence-electron chi connectivity index (χ2n) is 6.43. The molecule has 4 heteroatoms. The molecule has 4 nitrogen and oxygen atoms in total. The van der Waals surface area contributed by atoms with Crippen LogP contribution in [0.25, 0.3) is 0 Å². The number of nitrogens with zero attached hydrogens (tertiary/aromatic N) is 2. The average Bonchev–Trinajstić information content (AvgIpc) is 2.92. The van der Waals surface area contributed by atoms with Crippen LogP contribution in [0.5, 0.6) is 0 Å². The van der Waals surface area contributed by atoms with Gasteiger partial charge in [-0.2, -0.15) is 0 Å². The second kappa shape index (κ2) is 8.18. The largest absolute Gasteiger partial charge is 0.356 e. The number of aryl methyl sites for hydroxylation is 1. The molecular formula is C18H30N4. The molecule has 1 aromatic rings. The molecule has 0 amide bonds. The van der Waals surface area contributed by atoms with E-state index in [2.05, 4.69) is 65.7 Å². The lowest BCUT2D eigenvalue weighted by Gasteiger charge is -2.22. The lowest BCUT2D eigenvalue weighted by molar-refractivity contribution is 0.309. The van der Waals surface area contributed by atoms with E-state index in [0.29, 0.717) is 12.0 Å². The molecule has 1 aromatic carbocycles. The highest BCUT2D eigenvalue weighted by atomic mass is 15.2. The molecule has 1 saturated heterocycles. The highest BCUT2D eigenvalue weighted by molar-refractivity contribution is 5.79. The van der Waals surface area contributed by atoms with Crippen LogP contribution in [0.2, 0.25) is 0 Å². The van der Waals surface area contributed by atoms with Crippen LogP contribution in [-0.2, 0) is 0 Å². The van der Waals surface area contributed by atoms with Crippen molar-refractivity contribution < 1.29 is 0 Å². The highest BCUT2D eigenvalue weighted by Crippen LogP contribution is 2.15. The fourth-order valence-corrected chi connectivity index (χ4v) is 3.02. The first-order valence-electron chi connectivity index (χ1n) is 8.31. The van der Waals surface area contributed by atoms with Gasteiger partial charge in [-0.15, -0.1) is 0 Å². The summed E-state index contributed by atoms with van der Waals surface area (Å²) in [5, 5.41) is 6.90. The minimum atomic E-state index is 0.465. The van der Waals surface area contributed by atoms with Gasteiger partial charge in [-0.05, 0) is 44.8 Å². The van der Waals surface area contributed by atoms with Crippen LogP contribution in [0.15, 0.2) is 29.3 Å². The lowest BCUT2D eigenvalue weighted by Crippen LogP contribution is -2.44. The molecule has 2 atom stereocenters. The Morgan fingerprint density at radius 1 is 1.41 bits per heavy atom. The molecule has 0 bridgehead atoms. The summed E-state index contributed by atoms with van der Waals surface area (Å²) in [5.74, 6) is 1.37. The summed E-state index contributed by atoms with van der Waals surface area (Å²) in [6.07, 6.45) is 2.58. The van der Waals surface area contributed by atoms with Gasteiger partial charge in [0, 0.05) is 26.2 Å². The van der Waals surface area contributed by atoms with Crippen molar-refractivity contribution >= 4 is 5.96 Å². The predicted octanol–water partition coefficient (Wildman–Crippen LogP) is 2.36. The third-order valence-electron chi connectivity index (χ3n) is 4.59. The van der Waals surface area contributed by atoms with Crippen molar-refractivity contribution in [1.29, 1.82) is 0 Å². The maximum Gasteiger partial charge on any atom is 0.191 e. The SMILES string of the molecule is CN=C(NCC(C)c1cccc(C)c1)NCC1CCCN1C. The summed E-state index contributed by atoms with van der Waals surface area (Å²) >= 11 is 0. The quantitative estimate of drug-likeness (QED) is 0.648. The van der Waals surface area contributed by atoms with Gasteiger partial charge in [0.15, 0.2) is 5.96 Å². The zero-order valence-electron chi connectivity index (χ0n) is 14.4. The summed E-state index contributed by atoms with van der Waals surface area (Å²) in [5.41, 5.74) is 2.69. The van der Waals surface area contributed by atoms with Crippen LogP contribution in [0, 0.1) is 6.92 Å². The molecule has 0 saturated carbocycles. The van der Waals surface area contributed by atoms with Crippen molar-refractivity contribution in [3.8, 4) is 0 Å². The third kappa shape index (κ3) is 4.73. The van der Waals surface area contributed by atoms with E-state index in [1.807, 2.05) is 7.05 Å². The number of benzene rings is 1. The molecule has 0 radical (unpaired) electrons. The molecule has 2 rings (SSSR count). The van der Waals surface area contributed by atoms with Crippen LogP contribution in [0.3, 0.4) is 0 Å². The molecule has 0 spiro atoms. The van der Waals surface area contributed by atoms with Gasteiger partial charge in [0.25, 0.3) is 0 Å². The minimum absolute atomic E-state index is 0.465. The van der Waals surface area contributed by atoms with Crippen LogP contribution < -0.4 is 10.6 Å². The van der Waals surface area contributed by atoms with E-state index in [9.17, 15) is 0 Å². The van der Waals surface area contributed by atoms with Crippen LogP contribution in [-0.4, -0.2) is 50.6 Å². The number of nitrogens with one attached hydrogen (secondary N) is 2. The van der Waals surface area contributed by atoms with E-state index in [0.717, 1.165) is 19.0 Å². The van der Waals surface area contributed by atoms with E-state index in [4.69, 9.17) is 0 Å². The van der Waals surface area contributed by atoms with Crippen molar-refractivity contribution in [1.82, 2.24) is 15.5 Å². The molecule has 0 aromatic heterocycles. The fraction of sp³-hybridized carbons (Fsp3) is 0.611. The number of hydrogen-bond donors (Lipinski definition) is 2. The zero-order chi connectivity index (χ0) is 15.9. The lowest BCUT2D eigenvalue weighted by atomic mass is 9.99. The Kier molecular flexibility index (Phi) is 6.25. The van der Waals surface area contributed by atoms with Crippen LogP contribution in [0.1, 0.15) is 36.8 Å². The normalized spacial score (nSPS) is 20.9. The van der Waals surface area contributed by atoms with Gasteiger partial charge in [-0.3, -0.25) is 4.99 Å².